The summed E-state index contributed by atoms with van der Waals surface area (Å²) in [5, 5.41) is 4.39. The summed E-state index contributed by atoms with van der Waals surface area (Å²) >= 11 is 0. The van der Waals surface area contributed by atoms with Crippen molar-refractivity contribution in [3.63, 3.8) is 0 Å². The van der Waals surface area contributed by atoms with E-state index in [9.17, 15) is 9.59 Å². The fourth-order valence-electron chi connectivity index (χ4n) is 0.514. The van der Waals surface area contributed by atoms with Gasteiger partial charge in [-0.25, -0.2) is 4.79 Å². The summed E-state index contributed by atoms with van der Waals surface area (Å²) in [5.74, 6) is -0.296. The van der Waals surface area contributed by atoms with Crippen LogP contribution in [0.25, 0.3) is 0 Å². The third kappa shape index (κ3) is 5.35. The van der Waals surface area contributed by atoms with E-state index in [1.54, 1.807) is 0 Å². The van der Waals surface area contributed by atoms with Crippen LogP contribution in [0.5, 0.6) is 0 Å². The van der Waals surface area contributed by atoms with Gasteiger partial charge in [0.1, 0.15) is 0 Å². The Kier molecular flexibility index (Phi) is 5.10. The zero-order valence-electron chi connectivity index (χ0n) is 6.52. The smallest absolute Gasteiger partial charge is 0.321 e. The standard InChI is InChI=1S/C6H13N3O2/c1-8-6(11)9-5(10)3-2-4-7/h2-4,7H2,1H3,(H2,8,9,10,11). The Morgan fingerprint density at radius 3 is 2.55 bits per heavy atom. The molecular weight excluding hydrogens is 146 g/mol. The zero-order chi connectivity index (χ0) is 8.69. The van der Waals surface area contributed by atoms with Crippen LogP contribution in [0.4, 0.5) is 4.79 Å². The molecule has 0 aromatic rings. The second-order valence-corrected chi connectivity index (χ2v) is 2.02. The number of nitrogens with one attached hydrogen (secondary N) is 2. The summed E-state index contributed by atoms with van der Waals surface area (Å²) in [4.78, 5) is 21.3. The molecule has 0 saturated heterocycles. The van der Waals surface area contributed by atoms with E-state index in [2.05, 4.69) is 10.6 Å². The molecule has 5 heteroatoms. The van der Waals surface area contributed by atoms with Gasteiger partial charge in [-0.3, -0.25) is 10.1 Å². The number of hydrogen-bond donors (Lipinski definition) is 3. The second kappa shape index (κ2) is 5.67. The highest BCUT2D eigenvalue weighted by molar-refractivity contribution is 5.94. The molecule has 0 rings (SSSR count). The van der Waals surface area contributed by atoms with E-state index in [4.69, 9.17) is 5.73 Å². The first-order valence-electron chi connectivity index (χ1n) is 3.42. The Bertz CT molecular complexity index is 147. The molecule has 0 heterocycles. The molecule has 64 valence electrons. The van der Waals surface area contributed by atoms with Crippen LogP contribution in [0.15, 0.2) is 0 Å². The number of amides is 3. The topological polar surface area (TPSA) is 84.2 Å². The monoisotopic (exact) mass is 159 g/mol. The molecule has 0 aromatic carbocycles. The van der Waals surface area contributed by atoms with Crippen LogP contribution < -0.4 is 16.4 Å². The number of carbonyl (C=O) groups is 2. The van der Waals surface area contributed by atoms with Gasteiger partial charge in [0.05, 0.1) is 0 Å². The van der Waals surface area contributed by atoms with Crippen molar-refractivity contribution in [2.45, 2.75) is 12.8 Å². The Morgan fingerprint density at radius 1 is 1.45 bits per heavy atom. The maximum Gasteiger partial charge on any atom is 0.321 e. The van der Waals surface area contributed by atoms with E-state index in [0.717, 1.165) is 0 Å². The first-order chi connectivity index (χ1) is 5.20. The maximum atomic E-state index is 10.7. The van der Waals surface area contributed by atoms with Gasteiger partial charge < -0.3 is 11.1 Å². The lowest BCUT2D eigenvalue weighted by Gasteiger charge is -2.00. The number of urea groups is 1. The van der Waals surface area contributed by atoms with Crippen LogP contribution in [-0.4, -0.2) is 25.5 Å². The van der Waals surface area contributed by atoms with Crippen LogP contribution in [0.1, 0.15) is 12.8 Å². The van der Waals surface area contributed by atoms with Gasteiger partial charge in [-0.1, -0.05) is 0 Å². The molecule has 0 bridgehead atoms. The Labute approximate surface area is 65.3 Å². The largest absolute Gasteiger partial charge is 0.341 e. The molecule has 0 atom stereocenters. The number of hydrogen-bond acceptors (Lipinski definition) is 3. The second-order valence-electron chi connectivity index (χ2n) is 2.02. The van der Waals surface area contributed by atoms with E-state index in [0.29, 0.717) is 19.4 Å². The molecule has 0 spiro atoms. The van der Waals surface area contributed by atoms with E-state index in [1.165, 1.54) is 7.05 Å². The minimum absolute atomic E-state index is 0.296. The van der Waals surface area contributed by atoms with Crippen LogP contribution >= 0.6 is 0 Å². The van der Waals surface area contributed by atoms with Gasteiger partial charge in [-0.2, -0.15) is 0 Å². The average Bonchev–Trinajstić information content (AvgIpc) is 2.00. The predicted molar refractivity (Wildman–Crippen MR) is 40.9 cm³/mol. The molecule has 0 aliphatic heterocycles. The maximum absolute atomic E-state index is 10.7. The lowest BCUT2D eigenvalue weighted by molar-refractivity contribution is -0.120. The van der Waals surface area contributed by atoms with Gasteiger partial charge in [0, 0.05) is 13.5 Å². The molecule has 0 unspecified atom stereocenters. The van der Waals surface area contributed by atoms with Crippen LogP contribution in [0.3, 0.4) is 0 Å². The van der Waals surface area contributed by atoms with Crippen LogP contribution in [0, 0.1) is 0 Å². The minimum atomic E-state index is -0.480. The van der Waals surface area contributed by atoms with Crippen molar-refractivity contribution in [2.75, 3.05) is 13.6 Å². The van der Waals surface area contributed by atoms with Crippen LogP contribution in [0.2, 0.25) is 0 Å². The molecule has 0 aromatic heterocycles. The quantitative estimate of drug-likeness (QED) is 0.503. The highest BCUT2D eigenvalue weighted by Gasteiger charge is 2.03. The van der Waals surface area contributed by atoms with E-state index in [-0.39, 0.29) is 5.91 Å². The lowest BCUT2D eigenvalue weighted by atomic mass is 10.3. The Balaban J connectivity index is 3.44. The number of nitrogens with two attached hydrogens (primary N) is 1. The van der Waals surface area contributed by atoms with Gasteiger partial charge in [0.25, 0.3) is 0 Å². The van der Waals surface area contributed by atoms with Crippen molar-refractivity contribution in [2.24, 2.45) is 5.73 Å². The fraction of sp³-hybridized carbons (Fsp3) is 0.667. The molecule has 0 aliphatic carbocycles. The molecule has 4 N–H and O–H groups in total. The van der Waals surface area contributed by atoms with Gasteiger partial charge in [0.15, 0.2) is 0 Å². The van der Waals surface area contributed by atoms with Crippen molar-refractivity contribution < 1.29 is 9.59 Å². The van der Waals surface area contributed by atoms with E-state index < -0.39 is 6.03 Å². The SMILES string of the molecule is CNC(=O)NC(=O)CCCN. The highest BCUT2D eigenvalue weighted by Crippen LogP contribution is 1.84. The molecule has 0 fully saturated rings. The van der Waals surface area contributed by atoms with Crippen molar-refractivity contribution >= 4 is 11.9 Å². The Morgan fingerprint density at radius 2 is 2.09 bits per heavy atom. The molecule has 3 amide bonds. The highest BCUT2D eigenvalue weighted by atomic mass is 16.2. The van der Waals surface area contributed by atoms with Gasteiger partial charge in [-0.15, -0.1) is 0 Å². The van der Waals surface area contributed by atoms with Crippen molar-refractivity contribution in [1.82, 2.24) is 10.6 Å². The average molecular weight is 159 g/mol. The van der Waals surface area contributed by atoms with Crippen molar-refractivity contribution in [1.29, 1.82) is 0 Å². The summed E-state index contributed by atoms with van der Waals surface area (Å²) in [5.41, 5.74) is 5.16. The van der Waals surface area contributed by atoms with E-state index >= 15 is 0 Å². The minimum Gasteiger partial charge on any atom is -0.341 e. The third-order valence-corrected chi connectivity index (χ3v) is 1.09. The summed E-state index contributed by atoms with van der Waals surface area (Å²) in [6.45, 7) is 0.459. The lowest BCUT2D eigenvalue weighted by Crippen LogP contribution is -2.37. The predicted octanol–water partition coefficient (Wildman–Crippen LogP) is -0.819. The van der Waals surface area contributed by atoms with Crippen LogP contribution in [-0.2, 0) is 4.79 Å². The first-order valence-corrected chi connectivity index (χ1v) is 3.42. The fourth-order valence-corrected chi connectivity index (χ4v) is 0.514. The Hall–Kier alpha value is -1.10. The third-order valence-electron chi connectivity index (χ3n) is 1.09. The number of carbonyl (C=O) groups excluding carboxylic acids is 2. The number of imide groups is 1. The first kappa shape index (κ1) is 9.90. The normalized spacial score (nSPS) is 8.91. The van der Waals surface area contributed by atoms with Crippen molar-refractivity contribution in [3.8, 4) is 0 Å². The summed E-state index contributed by atoms with van der Waals surface area (Å²) in [6, 6.07) is -0.480. The van der Waals surface area contributed by atoms with Crippen molar-refractivity contribution in [3.05, 3.63) is 0 Å². The molecular formula is C6H13N3O2. The molecule has 5 nitrogen and oxygen atoms in total. The van der Waals surface area contributed by atoms with Gasteiger partial charge in [0.2, 0.25) is 5.91 Å². The number of rotatable bonds is 3. The molecule has 0 saturated carbocycles. The summed E-state index contributed by atoms with van der Waals surface area (Å²) < 4.78 is 0. The zero-order valence-corrected chi connectivity index (χ0v) is 6.52. The molecule has 0 aliphatic rings. The van der Waals surface area contributed by atoms with Gasteiger partial charge in [-0.05, 0) is 13.0 Å². The van der Waals surface area contributed by atoms with Gasteiger partial charge >= 0.3 is 6.03 Å². The summed E-state index contributed by atoms with van der Waals surface area (Å²) in [6.07, 6.45) is 0.896. The van der Waals surface area contributed by atoms with E-state index in [1.807, 2.05) is 0 Å². The molecule has 11 heavy (non-hydrogen) atoms. The molecule has 0 radical (unpaired) electrons. The summed E-state index contributed by atoms with van der Waals surface area (Å²) in [7, 11) is 1.45.